The first-order valence-corrected chi connectivity index (χ1v) is 8.93. The summed E-state index contributed by atoms with van der Waals surface area (Å²) in [7, 11) is 0. The maximum atomic E-state index is 12.9. The number of likely N-dealkylation sites (tertiary alicyclic amines) is 1. The molecule has 2 fully saturated rings. The molecule has 0 spiro atoms. The molecule has 25 heavy (non-hydrogen) atoms. The van der Waals surface area contributed by atoms with Crippen LogP contribution in [0.2, 0.25) is 0 Å². The predicted octanol–water partition coefficient (Wildman–Crippen LogP) is 2.18. The van der Waals surface area contributed by atoms with E-state index in [4.69, 9.17) is 0 Å². The first-order valence-electron chi connectivity index (χ1n) is 8.05. The van der Waals surface area contributed by atoms with Gasteiger partial charge in [-0.1, -0.05) is 0 Å². The van der Waals surface area contributed by atoms with Crippen molar-refractivity contribution in [3.63, 3.8) is 0 Å². The largest absolute Gasteiger partial charge is 0.329 e. The summed E-state index contributed by atoms with van der Waals surface area (Å²) in [5.74, 6) is -0.361. The van der Waals surface area contributed by atoms with Crippen LogP contribution in [0.25, 0.3) is 0 Å². The second-order valence-electron chi connectivity index (χ2n) is 6.01. The van der Waals surface area contributed by atoms with Gasteiger partial charge in [-0.3, -0.25) is 19.8 Å². The van der Waals surface area contributed by atoms with E-state index in [0.717, 1.165) is 17.8 Å². The predicted molar refractivity (Wildman–Crippen MR) is 92.5 cm³/mol. The van der Waals surface area contributed by atoms with Crippen LogP contribution >= 0.6 is 11.3 Å². The lowest BCUT2D eigenvalue weighted by atomic mass is 10.1. The van der Waals surface area contributed by atoms with Crippen LogP contribution in [0.15, 0.2) is 35.8 Å². The van der Waals surface area contributed by atoms with Gasteiger partial charge in [0.05, 0.1) is 6.04 Å². The van der Waals surface area contributed by atoms with Crippen LogP contribution in [0.3, 0.4) is 0 Å². The number of amides is 4. The molecule has 128 valence electrons. The van der Waals surface area contributed by atoms with Crippen molar-refractivity contribution in [1.82, 2.24) is 15.2 Å². The molecule has 4 amide bonds. The number of nitrogens with zero attached hydrogens (tertiary/aromatic N) is 3. The fourth-order valence-electron chi connectivity index (χ4n) is 3.27. The normalized spacial score (nSPS) is 20.2. The fourth-order valence-corrected chi connectivity index (χ4v) is 4.05. The molecule has 0 radical (unpaired) electrons. The van der Waals surface area contributed by atoms with E-state index in [2.05, 4.69) is 10.3 Å². The number of urea groups is 1. The van der Waals surface area contributed by atoms with Gasteiger partial charge in [-0.15, -0.1) is 11.3 Å². The summed E-state index contributed by atoms with van der Waals surface area (Å²) in [5, 5.41) is 5.13. The SMILES string of the molecule is O=C1CN(c2ccc(C(=O)N3CCC[C@H]3c3nccs3)cc2)C(=O)N1. The Kier molecular flexibility index (Phi) is 3.96. The summed E-state index contributed by atoms with van der Waals surface area (Å²) in [4.78, 5) is 43.4. The number of carbonyl (C=O) groups is 3. The smallest absolute Gasteiger partial charge is 0.329 e. The number of anilines is 1. The molecule has 2 aliphatic rings. The summed E-state index contributed by atoms with van der Waals surface area (Å²) >= 11 is 1.57. The van der Waals surface area contributed by atoms with Crippen molar-refractivity contribution < 1.29 is 14.4 Å². The minimum atomic E-state index is -0.438. The van der Waals surface area contributed by atoms with Crippen molar-refractivity contribution in [3.8, 4) is 0 Å². The van der Waals surface area contributed by atoms with Crippen molar-refractivity contribution in [2.24, 2.45) is 0 Å². The molecule has 1 atom stereocenters. The molecule has 2 saturated heterocycles. The maximum Gasteiger partial charge on any atom is 0.329 e. The fraction of sp³-hybridized carbons (Fsp3) is 0.294. The van der Waals surface area contributed by atoms with E-state index in [1.54, 1.807) is 41.8 Å². The van der Waals surface area contributed by atoms with Crippen molar-refractivity contribution in [2.45, 2.75) is 18.9 Å². The number of carbonyl (C=O) groups excluding carboxylic acids is 3. The van der Waals surface area contributed by atoms with Crippen LogP contribution in [-0.4, -0.2) is 40.8 Å². The quantitative estimate of drug-likeness (QED) is 0.855. The van der Waals surface area contributed by atoms with Gasteiger partial charge in [-0.2, -0.15) is 0 Å². The Bertz CT molecular complexity index is 819. The molecule has 2 aliphatic heterocycles. The molecule has 2 aromatic rings. The highest BCUT2D eigenvalue weighted by Gasteiger charge is 2.32. The maximum absolute atomic E-state index is 12.9. The molecule has 1 N–H and O–H groups in total. The minimum absolute atomic E-state index is 0.00434. The third-order valence-corrected chi connectivity index (χ3v) is 5.35. The third kappa shape index (κ3) is 2.89. The molecule has 0 aliphatic carbocycles. The van der Waals surface area contributed by atoms with Crippen molar-refractivity contribution in [1.29, 1.82) is 0 Å². The van der Waals surface area contributed by atoms with Crippen LogP contribution < -0.4 is 10.2 Å². The van der Waals surface area contributed by atoms with E-state index in [-0.39, 0.29) is 24.4 Å². The first kappa shape index (κ1) is 15.8. The standard InChI is InChI=1S/C17H16N4O3S/c22-14-10-21(17(24)19-14)12-5-3-11(4-6-12)16(23)20-8-1-2-13(20)15-18-7-9-25-15/h3-7,9,13H,1-2,8,10H2,(H,19,22,24)/t13-/m0/s1. The zero-order valence-corrected chi connectivity index (χ0v) is 14.2. The summed E-state index contributed by atoms with van der Waals surface area (Å²) in [5.41, 5.74) is 1.16. The molecule has 7 nitrogen and oxygen atoms in total. The zero-order valence-electron chi connectivity index (χ0n) is 13.3. The van der Waals surface area contributed by atoms with E-state index >= 15 is 0 Å². The van der Waals surface area contributed by atoms with E-state index in [9.17, 15) is 14.4 Å². The molecule has 0 unspecified atom stereocenters. The highest BCUT2D eigenvalue weighted by Crippen LogP contribution is 2.34. The van der Waals surface area contributed by atoms with Gasteiger partial charge in [-0.05, 0) is 37.1 Å². The van der Waals surface area contributed by atoms with E-state index in [1.807, 2.05) is 10.3 Å². The van der Waals surface area contributed by atoms with Gasteiger partial charge in [0, 0.05) is 29.4 Å². The Morgan fingerprint density at radius 1 is 1.24 bits per heavy atom. The lowest BCUT2D eigenvalue weighted by Gasteiger charge is -2.23. The third-order valence-electron chi connectivity index (χ3n) is 4.47. The monoisotopic (exact) mass is 356 g/mol. The Labute approximate surface area is 148 Å². The van der Waals surface area contributed by atoms with Gasteiger partial charge in [0.1, 0.15) is 11.6 Å². The Morgan fingerprint density at radius 3 is 2.68 bits per heavy atom. The second-order valence-corrected chi connectivity index (χ2v) is 6.94. The van der Waals surface area contributed by atoms with Gasteiger partial charge in [-0.25, -0.2) is 9.78 Å². The van der Waals surface area contributed by atoms with Crippen LogP contribution in [0, 0.1) is 0 Å². The molecule has 0 bridgehead atoms. The Balaban J connectivity index is 1.53. The number of hydrogen-bond donors (Lipinski definition) is 1. The van der Waals surface area contributed by atoms with E-state index in [0.29, 0.717) is 17.8 Å². The summed E-state index contributed by atoms with van der Waals surface area (Å²) in [6.45, 7) is 0.720. The van der Waals surface area contributed by atoms with Crippen LogP contribution in [0.4, 0.5) is 10.5 Å². The molecule has 0 saturated carbocycles. The Morgan fingerprint density at radius 2 is 2.04 bits per heavy atom. The van der Waals surface area contributed by atoms with Crippen molar-refractivity contribution in [2.75, 3.05) is 18.0 Å². The highest BCUT2D eigenvalue weighted by molar-refractivity contribution is 7.09. The second kappa shape index (κ2) is 6.29. The molecule has 1 aromatic carbocycles. The summed E-state index contributed by atoms with van der Waals surface area (Å²) in [6.07, 6.45) is 3.65. The van der Waals surface area contributed by atoms with Gasteiger partial charge in [0.15, 0.2) is 0 Å². The van der Waals surface area contributed by atoms with E-state index < -0.39 is 6.03 Å². The summed E-state index contributed by atoms with van der Waals surface area (Å²) < 4.78 is 0. The molecular weight excluding hydrogens is 340 g/mol. The molecule has 3 heterocycles. The number of hydrogen-bond acceptors (Lipinski definition) is 5. The molecular formula is C17H16N4O3S. The van der Waals surface area contributed by atoms with Gasteiger partial charge >= 0.3 is 6.03 Å². The lowest BCUT2D eigenvalue weighted by molar-refractivity contribution is -0.117. The number of rotatable bonds is 3. The average Bonchev–Trinajstić information content (AvgIpc) is 3.34. The van der Waals surface area contributed by atoms with Crippen LogP contribution in [0.5, 0.6) is 0 Å². The van der Waals surface area contributed by atoms with Crippen LogP contribution in [0.1, 0.15) is 34.2 Å². The Hall–Kier alpha value is -2.74. The topological polar surface area (TPSA) is 82.6 Å². The van der Waals surface area contributed by atoms with Gasteiger partial charge in [0.2, 0.25) is 5.91 Å². The average molecular weight is 356 g/mol. The van der Waals surface area contributed by atoms with Gasteiger partial charge in [0.25, 0.3) is 5.91 Å². The van der Waals surface area contributed by atoms with Crippen LogP contribution in [-0.2, 0) is 4.79 Å². The number of thiazole rings is 1. The number of nitrogens with one attached hydrogen (secondary N) is 1. The van der Waals surface area contributed by atoms with E-state index in [1.165, 1.54) is 4.90 Å². The lowest BCUT2D eigenvalue weighted by Crippen LogP contribution is -2.31. The summed E-state index contributed by atoms with van der Waals surface area (Å²) in [6, 6.07) is 6.39. The van der Waals surface area contributed by atoms with Crippen molar-refractivity contribution in [3.05, 3.63) is 46.4 Å². The number of benzene rings is 1. The number of imide groups is 1. The molecule has 8 heteroatoms. The molecule has 1 aromatic heterocycles. The number of aromatic nitrogens is 1. The molecule has 4 rings (SSSR count). The minimum Gasteiger partial charge on any atom is -0.329 e. The zero-order chi connectivity index (χ0) is 17.4. The van der Waals surface area contributed by atoms with Gasteiger partial charge < -0.3 is 4.90 Å². The highest BCUT2D eigenvalue weighted by atomic mass is 32.1. The van der Waals surface area contributed by atoms with Crippen molar-refractivity contribution >= 4 is 34.9 Å². The first-order chi connectivity index (χ1) is 12.1.